The van der Waals surface area contributed by atoms with Crippen LogP contribution in [0.3, 0.4) is 0 Å². The fourth-order valence-corrected chi connectivity index (χ4v) is 5.62. The van der Waals surface area contributed by atoms with Gasteiger partial charge in [0.05, 0.1) is 6.10 Å². The summed E-state index contributed by atoms with van der Waals surface area (Å²) in [5, 5.41) is 13.1. The number of unbranched alkanes of at least 4 members (excludes halogenated alkanes) is 1. The van der Waals surface area contributed by atoms with Gasteiger partial charge in [0.25, 0.3) is 0 Å². The SMILES string of the molecule is COC1CCC(CCCCc2noc([C@H](CCCC3CCCCC3)CC(=O)NO)n2)CC1. The molecule has 1 aromatic heterocycles. The summed E-state index contributed by atoms with van der Waals surface area (Å²) < 4.78 is 11.0. The minimum absolute atomic E-state index is 0.122. The first kappa shape index (κ1) is 25.2. The largest absolute Gasteiger partial charge is 0.381 e. The number of nitrogens with zero attached hydrogens (tertiary/aromatic N) is 2. The Morgan fingerprint density at radius 1 is 1.06 bits per heavy atom. The van der Waals surface area contributed by atoms with Crippen LogP contribution < -0.4 is 5.48 Å². The van der Waals surface area contributed by atoms with Crippen LogP contribution in [0.5, 0.6) is 0 Å². The van der Waals surface area contributed by atoms with Gasteiger partial charge in [-0.25, -0.2) is 5.48 Å². The molecule has 2 aliphatic rings. The van der Waals surface area contributed by atoms with Crippen LogP contribution in [0.4, 0.5) is 0 Å². The second-order valence-electron chi connectivity index (χ2n) is 10.0. The molecule has 7 nitrogen and oxygen atoms in total. The molecule has 3 rings (SSSR count). The van der Waals surface area contributed by atoms with E-state index in [4.69, 9.17) is 14.5 Å². The summed E-state index contributed by atoms with van der Waals surface area (Å²) in [6.07, 6.45) is 19.8. The first-order chi connectivity index (χ1) is 15.7. The Morgan fingerprint density at radius 3 is 2.50 bits per heavy atom. The number of rotatable bonds is 13. The molecule has 0 bridgehead atoms. The van der Waals surface area contributed by atoms with Gasteiger partial charge < -0.3 is 9.26 Å². The zero-order valence-corrected chi connectivity index (χ0v) is 19.9. The first-order valence-electron chi connectivity index (χ1n) is 13.0. The molecule has 32 heavy (non-hydrogen) atoms. The van der Waals surface area contributed by atoms with Gasteiger partial charge in [-0.1, -0.05) is 62.9 Å². The molecule has 2 fully saturated rings. The molecule has 2 saturated carbocycles. The van der Waals surface area contributed by atoms with Crippen molar-refractivity contribution in [2.24, 2.45) is 11.8 Å². The highest BCUT2D eigenvalue weighted by Crippen LogP contribution is 2.32. The summed E-state index contributed by atoms with van der Waals surface area (Å²) in [6, 6.07) is 0. The smallest absolute Gasteiger partial charge is 0.244 e. The predicted octanol–water partition coefficient (Wildman–Crippen LogP) is 5.72. The van der Waals surface area contributed by atoms with Crippen LogP contribution in [0.15, 0.2) is 4.52 Å². The van der Waals surface area contributed by atoms with E-state index in [0.717, 1.165) is 43.3 Å². The van der Waals surface area contributed by atoms with Crippen LogP contribution in [0.1, 0.15) is 120 Å². The van der Waals surface area contributed by atoms with Crippen LogP contribution >= 0.6 is 0 Å². The summed E-state index contributed by atoms with van der Waals surface area (Å²) in [6.45, 7) is 0. The van der Waals surface area contributed by atoms with E-state index in [9.17, 15) is 4.79 Å². The third-order valence-electron chi connectivity index (χ3n) is 7.67. The van der Waals surface area contributed by atoms with E-state index < -0.39 is 5.91 Å². The van der Waals surface area contributed by atoms with E-state index in [1.165, 1.54) is 77.0 Å². The van der Waals surface area contributed by atoms with Crippen molar-refractivity contribution in [2.45, 2.75) is 121 Å². The van der Waals surface area contributed by atoms with Gasteiger partial charge in [0.1, 0.15) is 0 Å². The molecule has 1 amide bonds. The highest BCUT2D eigenvalue weighted by Gasteiger charge is 2.24. The topological polar surface area (TPSA) is 97.5 Å². The van der Waals surface area contributed by atoms with Crippen LogP contribution in [0.25, 0.3) is 0 Å². The average molecular weight is 450 g/mol. The number of aryl methyl sites for hydroxylation is 1. The number of hydrogen-bond acceptors (Lipinski definition) is 6. The molecule has 182 valence electrons. The predicted molar refractivity (Wildman–Crippen MR) is 122 cm³/mol. The lowest BCUT2D eigenvalue weighted by Crippen LogP contribution is -2.21. The lowest BCUT2D eigenvalue weighted by molar-refractivity contribution is -0.129. The van der Waals surface area contributed by atoms with Gasteiger partial charge in [0, 0.05) is 25.9 Å². The molecular formula is C25H43N3O4. The van der Waals surface area contributed by atoms with Crippen molar-refractivity contribution in [3.8, 4) is 0 Å². The van der Waals surface area contributed by atoms with Crippen molar-refractivity contribution in [3.05, 3.63) is 11.7 Å². The molecule has 1 heterocycles. The lowest BCUT2D eigenvalue weighted by atomic mass is 9.84. The minimum atomic E-state index is -0.393. The molecule has 0 aromatic carbocycles. The number of hydrogen-bond donors (Lipinski definition) is 2. The van der Waals surface area contributed by atoms with Crippen molar-refractivity contribution >= 4 is 5.91 Å². The average Bonchev–Trinajstić information content (AvgIpc) is 3.31. The maximum Gasteiger partial charge on any atom is 0.244 e. The standard InChI is InChI=1S/C25H43N3O4/c1-31-22-16-14-20(15-17-22)10-5-6-13-23-26-25(32-28-23)21(18-24(29)27-30)12-7-11-19-8-3-2-4-9-19/h19-22,30H,2-18H2,1H3,(H,27,29)/t20?,21-,22?/m1/s1. The molecule has 0 saturated heterocycles. The van der Waals surface area contributed by atoms with Crippen molar-refractivity contribution in [1.29, 1.82) is 0 Å². The van der Waals surface area contributed by atoms with E-state index >= 15 is 0 Å². The number of amides is 1. The van der Waals surface area contributed by atoms with Crippen LogP contribution in [-0.4, -0.2) is 34.5 Å². The van der Waals surface area contributed by atoms with Crippen molar-refractivity contribution in [2.75, 3.05) is 7.11 Å². The molecule has 0 aliphatic heterocycles. The van der Waals surface area contributed by atoms with Gasteiger partial charge in [-0.2, -0.15) is 4.98 Å². The maximum absolute atomic E-state index is 11.8. The number of ether oxygens (including phenoxy) is 1. The lowest BCUT2D eigenvalue weighted by Gasteiger charge is -2.27. The Hall–Kier alpha value is -1.47. The summed E-state index contributed by atoms with van der Waals surface area (Å²) in [4.78, 5) is 16.4. The quantitative estimate of drug-likeness (QED) is 0.227. The van der Waals surface area contributed by atoms with Crippen LogP contribution in [0, 0.1) is 11.8 Å². The molecule has 0 radical (unpaired) electrons. The van der Waals surface area contributed by atoms with Gasteiger partial charge in [-0.15, -0.1) is 0 Å². The molecule has 2 N–H and O–H groups in total. The third-order valence-corrected chi connectivity index (χ3v) is 7.67. The molecule has 1 atom stereocenters. The van der Waals surface area contributed by atoms with E-state index in [2.05, 4.69) is 10.1 Å². The summed E-state index contributed by atoms with van der Waals surface area (Å²) in [5.41, 5.74) is 1.75. The van der Waals surface area contributed by atoms with Gasteiger partial charge in [-0.3, -0.25) is 10.0 Å². The van der Waals surface area contributed by atoms with Gasteiger partial charge in [0.2, 0.25) is 11.8 Å². The van der Waals surface area contributed by atoms with Crippen molar-refractivity contribution in [1.82, 2.24) is 15.6 Å². The summed E-state index contributed by atoms with van der Waals surface area (Å²) >= 11 is 0. The molecule has 1 aromatic rings. The van der Waals surface area contributed by atoms with Crippen LogP contribution in [-0.2, 0) is 16.0 Å². The number of carbonyl (C=O) groups excluding carboxylic acids is 1. The Balaban J connectivity index is 1.40. The highest BCUT2D eigenvalue weighted by molar-refractivity contribution is 5.75. The van der Waals surface area contributed by atoms with Gasteiger partial charge in [0.15, 0.2) is 5.82 Å². The Morgan fingerprint density at radius 2 is 1.78 bits per heavy atom. The summed E-state index contributed by atoms with van der Waals surface area (Å²) in [5.74, 6) is 2.42. The minimum Gasteiger partial charge on any atom is -0.381 e. The fourth-order valence-electron chi connectivity index (χ4n) is 5.62. The summed E-state index contributed by atoms with van der Waals surface area (Å²) in [7, 11) is 1.82. The van der Waals surface area contributed by atoms with E-state index in [1.54, 1.807) is 5.48 Å². The molecule has 0 unspecified atom stereocenters. The number of methoxy groups -OCH3 is 1. The number of aromatic nitrogens is 2. The number of hydroxylamine groups is 1. The Kier molecular flexibility index (Phi) is 11.0. The van der Waals surface area contributed by atoms with Crippen molar-refractivity contribution in [3.63, 3.8) is 0 Å². The van der Waals surface area contributed by atoms with Gasteiger partial charge >= 0.3 is 0 Å². The van der Waals surface area contributed by atoms with Crippen LogP contribution in [0.2, 0.25) is 0 Å². The Bertz CT molecular complexity index is 651. The van der Waals surface area contributed by atoms with Gasteiger partial charge in [-0.05, 0) is 50.4 Å². The van der Waals surface area contributed by atoms with E-state index in [1.807, 2.05) is 7.11 Å². The Labute approximate surface area is 193 Å². The molecule has 7 heteroatoms. The zero-order chi connectivity index (χ0) is 22.6. The molecular weight excluding hydrogens is 406 g/mol. The highest BCUT2D eigenvalue weighted by atomic mass is 16.5. The normalized spacial score (nSPS) is 23.2. The van der Waals surface area contributed by atoms with E-state index in [0.29, 0.717) is 12.0 Å². The second-order valence-corrected chi connectivity index (χ2v) is 10.0. The first-order valence-corrected chi connectivity index (χ1v) is 13.0. The number of nitrogens with one attached hydrogen (secondary N) is 1. The fraction of sp³-hybridized carbons (Fsp3) is 0.880. The molecule has 0 spiro atoms. The zero-order valence-electron chi connectivity index (χ0n) is 19.9. The monoisotopic (exact) mass is 449 g/mol. The number of carbonyl (C=O) groups is 1. The third kappa shape index (κ3) is 8.47. The maximum atomic E-state index is 11.8. The van der Waals surface area contributed by atoms with E-state index in [-0.39, 0.29) is 12.3 Å². The molecule has 2 aliphatic carbocycles. The van der Waals surface area contributed by atoms with Crippen molar-refractivity contribution < 1.29 is 19.3 Å². The second kappa shape index (κ2) is 13.9.